The molecule has 1 unspecified atom stereocenters. The van der Waals surface area contributed by atoms with Crippen molar-refractivity contribution in [1.29, 1.82) is 0 Å². The molecule has 1 aromatic rings. The molecule has 0 radical (unpaired) electrons. The number of halogens is 1. The fourth-order valence-corrected chi connectivity index (χ4v) is 2.08. The molecule has 0 saturated carbocycles. The van der Waals surface area contributed by atoms with Gasteiger partial charge in [-0.05, 0) is 36.8 Å². The van der Waals surface area contributed by atoms with Crippen LogP contribution < -0.4 is 0 Å². The highest BCUT2D eigenvalue weighted by atomic mass is 35.5. The molecule has 1 aromatic heterocycles. The minimum atomic E-state index is 0.521. The highest BCUT2D eigenvalue weighted by Gasteiger charge is 2.20. The predicted molar refractivity (Wildman–Crippen MR) is 53.6 cm³/mol. The Hall–Kier alpha value is -0.600. The van der Waals surface area contributed by atoms with Gasteiger partial charge in [-0.3, -0.25) is 4.98 Å². The van der Waals surface area contributed by atoms with Gasteiger partial charge in [-0.15, -0.1) is 0 Å². The average Bonchev–Trinajstić information content (AvgIpc) is 2.19. The van der Waals surface area contributed by atoms with E-state index >= 15 is 0 Å². The summed E-state index contributed by atoms with van der Waals surface area (Å²) in [6.07, 6.45) is 4.23. The topological polar surface area (TPSA) is 16.1 Å². The maximum atomic E-state index is 5.97. The normalized spacial score (nSPS) is 24.5. The maximum absolute atomic E-state index is 5.97. The Morgan fingerprint density at radius 3 is 3.08 bits per heavy atom. The molecule has 0 N–H and O–H groups in total. The summed E-state index contributed by atoms with van der Waals surface area (Å²) in [4.78, 5) is 4.35. The van der Waals surface area contributed by atoms with Crippen molar-refractivity contribution in [2.45, 2.75) is 18.8 Å². The lowest BCUT2D eigenvalue weighted by Crippen LogP contribution is -2.27. The Morgan fingerprint density at radius 2 is 2.38 bits per heavy atom. The van der Waals surface area contributed by atoms with Crippen LogP contribution in [0.5, 0.6) is 0 Å². The number of aromatic nitrogens is 1. The van der Waals surface area contributed by atoms with Gasteiger partial charge < -0.3 is 0 Å². The number of pyridine rings is 1. The van der Waals surface area contributed by atoms with Gasteiger partial charge in [0.2, 0.25) is 0 Å². The van der Waals surface area contributed by atoms with E-state index in [1.807, 2.05) is 22.7 Å². The summed E-state index contributed by atoms with van der Waals surface area (Å²) in [5.74, 6) is 0.521. The van der Waals surface area contributed by atoms with Gasteiger partial charge in [-0.1, -0.05) is 6.07 Å². The molecular formula is C10H13ClN2. The van der Waals surface area contributed by atoms with Crippen LogP contribution in [0.25, 0.3) is 0 Å². The highest BCUT2D eigenvalue weighted by molar-refractivity contribution is 6.13. The molecule has 3 heteroatoms. The molecule has 0 amide bonds. The number of hydrogen-bond acceptors (Lipinski definition) is 2. The molecule has 1 fully saturated rings. The Labute approximate surface area is 83.6 Å². The first kappa shape index (κ1) is 8.97. The molecule has 1 aliphatic heterocycles. The van der Waals surface area contributed by atoms with Gasteiger partial charge in [0.1, 0.15) is 0 Å². The second kappa shape index (κ2) is 4.07. The van der Waals surface area contributed by atoms with Crippen LogP contribution >= 0.6 is 11.8 Å². The van der Waals surface area contributed by atoms with Crippen molar-refractivity contribution >= 4 is 11.8 Å². The quantitative estimate of drug-likeness (QED) is 0.642. The number of piperidine rings is 1. The lowest BCUT2D eigenvalue weighted by atomic mass is 9.96. The van der Waals surface area contributed by atoms with Crippen LogP contribution in [0.15, 0.2) is 24.4 Å². The summed E-state index contributed by atoms with van der Waals surface area (Å²) >= 11 is 5.97. The molecule has 13 heavy (non-hydrogen) atoms. The first-order chi connectivity index (χ1) is 6.36. The third-order valence-corrected chi connectivity index (χ3v) is 2.78. The molecule has 2 nitrogen and oxygen atoms in total. The van der Waals surface area contributed by atoms with E-state index < -0.39 is 0 Å². The van der Waals surface area contributed by atoms with Crippen molar-refractivity contribution in [2.75, 3.05) is 13.1 Å². The molecule has 70 valence electrons. The molecule has 2 heterocycles. The molecule has 1 saturated heterocycles. The summed E-state index contributed by atoms with van der Waals surface area (Å²) in [5, 5.41) is 0. The van der Waals surface area contributed by atoms with Gasteiger partial charge in [0, 0.05) is 30.9 Å². The molecule has 0 spiro atoms. The molecule has 1 aliphatic rings. The summed E-state index contributed by atoms with van der Waals surface area (Å²) in [7, 11) is 0. The van der Waals surface area contributed by atoms with Crippen LogP contribution in [0.4, 0.5) is 0 Å². The smallest absolute Gasteiger partial charge is 0.0447 e. The van der Waals surface area contributed by atoms with Crippen LogP contribution in [0.1, 0.15) is 24.5 Å². The van der Waals surface area contributed by atoms with E-state index in [0.717, 1.165) is 13.1 Å². The lowest BCUT2D eigenvalue weighted by Gasteiger charge is -2.26. The summed E-state index contributed by atoms with van der Waals surface area (Å²) in [6.45, 7) is 1.93. The Balaban J connectivity index is 2.08. The van der Waals surface area contributed by atoms with E-state index in [9.17, 15) is 0 Å². The van der Waals surface area contributed by atoms with Gasteiger partial charge in [0.15, 0.2) is 0 Å². The Morgan fingerprint density at radius 1 is 1.46 bits per heavy atom. The standard InChI is InChI=1S/C10H13ClN2/c11-13-7-3-4-9(8-13)10-5-1-2-6-12-10/h1-2,5-6,9H,3-4,7-8H2. The monoisotopic (exact) mass is 196 g/mol. The molecule has 1 atom stereocenters. The lowest BCUT2D eigenvalue weighted by molar-refractivity contribution is 0.328. The van der Waals surface area contributed by atoms with Crippen molar-refractivity contribution in [3.8, 4) is 0 Å². The van der Waals surface area contributed by atoms with Gasteiger partial charge in [0.05, 0.1) is 0 Å². The molecule has 0 aliphatic carbocycles. The van der Waals surface area contributed by atoms with Gasteiger partial charge in [-0.25, -0.2) is 4.42 Å². The van der Waals surface area contributed by atoms with Crippen molar-refractivity contribution in [3.63, 3.8) is 0 Å². The zero-order valence-electron chi connectivity index (χ0n) is 7.49. The summed E-state index contributed by atoms with van der Waals surface area (Å²) in [5.41, 5.74) is 1.17. The minimum absolute atomic E-state index is 0.521. The SMILES string of the molecule is ClN1CCCC(c2ccccn2)C1. The van der Waals surface area contributed by atoms with Gasteiger partial charge in [-0.2, -0.15) is 0 Å². The van der Waals surface area contributed by atoms with Crippen LogP contribution in [0.3, 0.4) is 0 Å². The van der Waals surface area contributed by atoms with E-state index in [2.05, 4.69) is 11.1 Å². The molecule has 0 bridgehead atoms. The van der Waals surface area contributed by atoms with E-state index in [1.54, 1.807) is 0 Å². The number of hydrogen-bond donors (Lipinski definition) is 0. The fourth-order valence-electron chi connectivity index (χ4n) is 1.79. The van der Waals surface area contributed by atoms with Crippen LogP contribution in [-0.4, -0.2) is 22.5 Å². The van der Waals surface area contributed by atoms with Crippen LogP contribution in [0, 0.1) is 0 Å². The third-order valence-electron chi connectivity index (χ3n) is 2.48. The van der Waals surface area contributed by atoms with Crippen LogP contribution in [-0.2, 0) is 0 Å². The second-order valence-electron chi connectivity index (χ2n) is 3.46. The molecule has 0 aromatic carbocycles. The Bertz CT molecular complexity index is 263. The van der Waals surface area contributed by atoms with Crippen molar-refractivity contribution in [3.05, 3.63) is 30.1 Å². The van der Waals surface area contributed by atoms with Crippen molar-refractivity contribution in [1.82, 2.24) is 9.40 Å². The highest BCUT2D eigenvalue weighted by Crippen LogP contribution is 2.25. The average molecular weight is 197 g/mol. The maximum Gasteiger partial charge on any atom is 0.0447 e. The third kappa shape index (κ3) is 2.20. The first-order valence-corrected chi connectivity index (χ1v) is 5.02. The van der Waals surface area contributed by atoms with E-state index in [1.165, 1.54) is 18.5 Å². The van der Waals surface area contributed by atoms with Gasteiger partial charge in [0.25, 0.3) is 0 Å². The summed E-state index contributed by atoms with van der Waals surface area (Å²) in [6, 6.07) is 6.07. The van der Waals surface area contributed by atoms with E-state index in [0.29, 0.717) is 5.92 Å². The first-order valence-electron chi connectivity index (χ1n) is 4.68. The minimum Gasteiger partial charge on any atom is -0.261 e. The van der Waals surface area contributed by atoms with Crippen molar-refractivity contribution in [2.24, 2.45) is 0 Å². The van der Waals surface area contributed by atoms with E-state index in [4.69, 9.17) is 11.8 Å². The van der Waals surface area contributed by atoms with Crippen molar-refractivity contribution < 1.29 is 0 Å². The second-order valence-corrected chi connectivity index (χ2v) is 3.94. The van der Waals surface area contributed by atoms with Crippen LogP contribution in [0.2, 0.25) is 0 Å². The van der Waals surface area contributed by atoms with E-state index in [-0.39, 0.29) is 0 Å². The summed E-state index contributed by atoms with van der Waals surface area (Å²) < 4.78 is 1.86. The number of rotatable bonds is 1. The zero-order valence-corrected chi connectivity index (χ0v) is 8.24. The fraction of sp³-hybridized carbons (Fsp3) is 0.500. The zero-order chi connectivity index (χ0) is 9.10. The molecule has 2 rings (SSSR count). The predicted octanol–water partition coefficient (Wildman–Crippen LogP) is 2.41. The van der Waals surface area contributed by atoms with Gasteiger partial charge >= 0.3 is 0 Å². The molecular weight excluding hydrogens is 184 g/mol. The largest absolute Gasteiger partial charge is 0.261 e. The Kier molecular flexibility index (Phi) is 2.81. The number of nitrogens with zero attached hydrogens (tertiary/aromatic N) is 2.